The molecule has 3 rings (SSSR count). The number of hydrogen-bond donors (Lipinski definition) is 3. The Morgan fingerprint density at radius 2 is 1.90 bits per heavy atom. The van der Waals surface area contributed by atoms with Crippen LogP contribution in [0.1, 0.15) is 26.4 Å². The minimum Gasteiger partial charge on any atom is -0.507 e. The van der Waals surface area contributed by atoms with E-state index in [2.05, 4.69) is 15.8 Å². The molecule has 2 aromatic carbocycles. The summed E-state index contributed by atoms with van der Waals surface area (Å²) in [7, 11) is 0. The summed E-state index contributed by atoms with van der Waals surface area (Å²) >= 11 is 7.49. The number of phenolic OH excluding ortho intramolecular Hbond substituents is 1. The number of hydrazone groups is 1. The van der Waals surface area contributed by atoms with E-state index in [-0.39, 0.29) is 22.0 Å². The summed E-state index contributed by atoms with van der Waals surface area (Å²) in [5.74, 6) is -1.05. The number of nitrogens with one attached hydrogen (secondary N) is 2. The Hall–Kier alpha value is -3.42. The van der Waals surface area contributed by atoms with Crippen LogP contribution in [-0.4, -0.2) is 23.1 Å². The number of thiophene rings is 1. The van der Waals surface area contributed by atoms with Crippen LogP contribution in [-0.2, 0) is 4.79 Å². The highest BCUT2D eigenvalue weighted by Gasteiger charge is 2.16. The van der Waals surface area contributed by atoms with Gasteiger partial charge in [0.15, 0.2) is 0 Å². The average Bonchev–Trinajstić information content (AvgIpc) is 3.24. The van der Waals surface area contributed by atoms with E-state index in [0.29, 0.717) is 11.1 Å². The molecular weight excluding hydrogens is 422 g/mol. The highest BCUT2D eigenvalue weighted by atomic mass is 35.5. The number of benzene rings is 2. The summed E-state index contributed by atoms with van der Waals surface area (Å²) in [4.78, 5) is 26.0. The molecule has 0 aliphatic carbocycles. The Kier molecular flexibility index (Phi) is 7.00. The fourth-order valence-electron chi connectivity index (χ4n) is 2.52. The van der Waals surface area contributed by atoms with E-state index in [9.17, 15) is 14.7 Å². The van der Waals surface area contributed by atoms with Crippen molar-refractivity contribution in [1.29, 1.82) is 0 Å². The monoisotopic (exact) mass is 439 g/mol. The molecule has 8 heteroatoms. The molecule has 0 saturated carbocycles. The molecule has 3 aromatic rings. The number of phenols is 1. The molecule has 30 heavy (non-hydrogen) atoms. The molecule has 1 heterocycles. The van der Waals surface area contributed by atoms with E-state index < -0.39 is 11.8 Å². The number of hydrogen-bond acceptors (Lipinski definition) is 5. The second-order valence-electron chi connectivity index (χ2n) is 6.22. The lowest BCUT2D eigenvalue weighted by molar-refractivity contribution is -0.117. The smallest absolute Gasteiger partial charge is 0.287 e. The topological polar surface area (TPSA) is 90.8 Å². The summed E-state index contributed by atoms with van der Waals surface area (Å²) in [5.41, 5.74) is 3.77. The third-order valence-corrected chi connectivity index (χ3v) is 5.23. The number of halogens is 1. The van der Waals surface area contributed by atoms with Crippen molar-refractivity contribution in [3.63, 3.8) is 0 Å². The van der Waals surface area contributed by atoms with Gasteiger partial charge in [0.2, 0.25) is 0 Å². The molecule has 2 amide bonds. The van der Waals surface area contributed by atoms with Crippen molar-refractivity contribution in [3.8, 4) is 5.75 Å². The fraction of sp³-hybridized carbons (Fsp3) is 0.0455. The van der Waals surface area contributed by atoms with Gasteiger partial charge in [0.1, 0.15) is 11.4 Å². The molecule has 1 aromatic heterocycles. The Bertz CT molecular complexity index is 1120. The Balaban J connectivity index is 1.79. The van der Waals surface area contributed by atoms with Crippen LogP contribution in [0.5, 0.6) is 5.75 Å². The largest absolute Gasteiger partial charge is 0.507 e. The minimum atomic E-state index is -0.618. The molecule has 0 atom stereocenters. The predicted molar refractivity (Wildman–Crippen MR) is 120 cm³/mol. The molecule has 0 saturated heterocycles. The first-order chi connectivity index (χ1) is 14.5. The molecule has 0 aliphatic heterocycles. The van der Waals surface area contributed by atoms with Gasteiger partial charge in [0, 0.05) is 10.4 Å². The quantitative estimate of drug-likeness (QED) is 0.303. The van der Waals surface area contributed by atoms with Crippen LogP contribution in [0.3, 0.4) is 0 Å². The van der Waals surface area contributed by atoms with Crippen LogP contribution in [0.2, 0.25) is 5.02 Å². The van der Waals surface area contributed by atoms with E-state index in [0.717, 1.165) is 4.88 Å². The average molecular weight is 440 g/mol. The van der Waals surface area contributed by atoms with Crippen molar-refractivity contribution in [1.82, 2.24) is 10.7 Å². The van der Waals surface area contributed by atoms with Crippen LogP contribution in [0.25, 0.3) is 6.08 Å². The third-order valence-electron chi connectivity index (χ3n) is 4.08. The maximum Gasteiger partial charge on any atom is 0.287 e. The molecule has 0 radical (unpaired) electrons. The van der Waals surface area contributed by atoms with E-state index in [4.69, 9.17) is 11.6 Å². The summed E-state index contributed by atoms with van der Waals surface area (Å²) in [6, 6.07) is 15.4. The molecule has 0 aliphatic rings. The highest BCUT2D eigenvalue weighted by Crippen LogP contribution is 2.19. The minimum absolute atomic E-state index is 0.00739. The first-order valence-electron chi connectivity index (χ1n) is 8.89. The van der Waals surface area contributed by atoms with Crippen molar-refractivity contribution < 1.29 is 14.7 Å². The lowest BCUT2D eigenvalue weighted by Crippen LogP contribution is -2.33. The van der Waals surface area contributed by atoms with Crippen LogP contribution >= 0.6 is 22.9 Å². The summed E-state index contributed by atoms with van der Waals surface area (Å²) < 4.78 is 0. The van der Waals surface area contributed by atoms with Gasteiger partial charge in [-0.05, 0) is 48.2 Å². The van der Waals surface area contributed by atoms with Gasteiger partial charge < -0.3 is 10.4 Å². The SMILES string of the molecule is Cc1cccc(/C=N\NC(=O)/C(=C\c2cccs2)NC(=O)c2ccccc2Cl)c1O. The number of nitrogens with zero attached hydrogens (tertiary/aromatic N) is 1. The van der Waals surface area contributed by atoms with Gasteiger partial charge in [-0.15, -0.1) is 11.3 Å². The molecule has 152 valence electrons. The Morgan fingerprint density at radius 3 is 2.63 bits per heavy atom. The number of aromatic hydroxyl groups is 1. The first-order valence-corrected chi connectivity index (χ1v) is 10.1. The van der Waals surface area contributed by atoms with Crippen molar-refractivity contribution in [2.24, 2.45) is 5.10 Å². The second-order valence-corrected chi connectivity index (χ2v) is 7.61. The number of para-hydroxylation sites is 1. The number of amides is 2. The maximum absolute atomic E-state index is 12.7. The van der Waals surface area contributed by atoms with Crippen molar-refractivity contribution in [2.45, 2.75) is 6.92 Å². The van der Waals surface area contributed by atoms with Gasteiger partial charge in [-0.1, -0.05) is 41.9 Å². The number of rotatable bonds is 6. The van der Waals surface area contributed by atoms with E-state index in [1.165, 1.54) is 17.6 Å². The van der Waals surface area contributed by atoms with Gasteiger partial charge in [-0.2, -0.15) is 5.10 Å². The van der Waals surface area contributed by atoms with Crippen LogP contribution in [0, 0.1) is 6.92 Å². The molecule has 3 N–H and O–H groups in total. The van der Waals surface area contributed by atoms with Crippen molar-refractivity contribution >= 4 is 47.0 Å². The molecule has 6 nitrogen and oxygen atoms in total. The number of carbonyl (C=O) groups is 2. The molecular formula is C22H18ClN3O3S. The third kappa shape index (κ3) is 5.34. The van der Waals surface area contributed by atoms with Crippen LogP contribution in [0.4, 0.5) is 0 Å². The normalized spacial score (nSPS) is 11.5. The van der Waals surface area contributed by atoms with Gasteiger partial charge in [0.05, 0.1) is 16.8 Å². The fourth-order valence-corrected chi connectivity index (χ4v) is 3.39. The zero-order chi connectivity index (χ0) is 21.5. The lowest BCUT2D eigenvalue weighted by atomic mass is 10.1. The van der Waals surface area contributed by atoms with Gasteiger partial charge in [0.25, 0.3) is 11.8 Å². The highest BCUT2D eigenvalue weighted by molar-refractivity contribution is 7.10. The van der Waals surface area contributed by atoms with Gasteiger partial charge in [-0.25, -0.2) is 5.43 Å². The summed E-state index contributed by atoms with van der Waals surface area (Å²) in [5, 5.41) is 18.6. The predicted octanol–water partition coefficient (Wildman–Crippen LogP) is 4.34. The standard InChI is InChI=1S/C22H18ClN3O3S/c1-14-6-4-7-15(20(14)27)13-24-26-22(29)19(12-16-8-5-11-30-16)25-21(28)17-9-2-3-10-18(17)23/h2-13,27H,1H3,(H,25,28)(H,26,29)/b19-12+,24-13-. The van der Waals surface area contributed by atoms with Gasteiger partial charge >= 0.3 is 0 Å². The van der Waals surface area contributed by atoms with Crippen molar-refractivity contribution in [3.05, 3.63) is 92.3 Å². The van der Waals surface area contributed by atoms with Crippen LogP contribution < -0.4 is 10.7 Å². The van der Waals surface area contributed by atoms with E-state index in [1.54, 1.807) is 55.5 Å². The summed E-state index contributed by atoms with van der Waals surface area (Å²) in [6.07, 6.45) is 2.88. The second kappa shape index (κ2) is 9.87. The van der Waals surface area contributed by atoms with Gasteiger partial charge in [-0.3, -0.25) is 9.59 Å². The molecule has 0 unspecified atom stereocenters. The lowest BCUT2D eigenvalue weighted by Gasteiger charge is -2.09. The van der Waals surface area contributed by atoms with E-state index >= 15 is 0 Å². The Labute approximate surface area is 182 Å². The molecule has 0 fully saturated rings. The molecule has 0 spiro atoms. The van der Waals surface area contributed by atoms with Crippen LogP contribution in [0.15, 0.2) is 70.8 Å². The van der Waals surface area contributed by atoms with Crippen molar-refractivity contribution in [2.75, 3.05) is 0 Å². The zero-order valence-corrected chi connectivity index (χ0v) is 17.5. The number of aryl methyl sites for hydroxylation is 1. The first kappa shape index (κ1) is 21.3. The van der Waals surface area contributed by atoms with E-state index in [1.807, 2.05) is 17.5 Å². The number of carbonyl (C=O) groups excluding carboxylic acids is 2. The molecule has 0 bridgehead atoms. The Morgan fingerprint density at radius 1 is 1.10 bits per heavy atom. The zero-order valence-electron chi connectivity index (χ0n) is 15.9. The maximum atomic E-state index is 12.7. The summed E-state index contributed by atoms with van der Waals surface area (Å²) in [6.45, 7) is 1.76.